The summed E-state index contributed by atoms with van der Waals surface area (Å²) in [6, 6.07) is 0. The van der Waals surface area contributed by atoms with E-state index in [2.05, 4.69) is 4.18 Å². The lowest BCUT2D eigenvalue weighted by atomic mass is 9.96. The largest absolute Gasteiger partial charge is 0.394 e. The van der Waals surface area contributed by atoms with E-state index in [0.717, 1.165) is 6.26 Å². The molecule has 5 rings (SSSR count). The Morgan fingerprint density at radius 1 is 0.500 bits per heavy atom. The van der Waals surface area contributed by atoms with Gasteiger partial charge in [-0.15, -0.1) is 0 Å². The summed E-state index contributed by atoms with van der Waals surface area (Å²) in [6.07, 6.45) is -30.3. The maximum atomic E-state index is 11.4. The van der Waals surface area contributed by atoms with Crippen LogP contribution in [0.4, 0.5) is 0 Å². The molecule has 20 atom stereocenters. The third kappa shape index (κ3) is 7.96. The fourth-order valence-electron chi connectivity index (χ4n) is 5.97. The van der Waals surface area contributed by atoms with Crippen molar-refractivity contribution in [1.82, 2.24) is 0 Å². The topological polar surface area (TPSA) is 343 Å². The van der Waals surface area contributed by atoms with Crippen LogP contribution in [0.1, 0.15) is 0 Å². The minimum atomic E-state index is -3.96. The van der Waals surface area contributed by atoms with E-state index < -0.39 is 159 Å². The summed E-state index contributed by atoms with van der Waals surface area (Å²) in [5.74, 6) is 0. The fraction of sp³-hybridized carbons (Fsp3) is 1.00. The highest BCUT2D eigenvalue weighted by Crippen LogP contribution is 2.42. The van der Waals surface area contributed by atoms with Crippen molar-refractivity contribution in [2.45, 2.75) is 123 Å². The molecule has 11 N–H and O–H groups in total. The second kappa shape index (κ2) is 15.4. The molecule has 0 unspecified atom stereocenters. The lowest BCUT2D eigenvalue weighted by molar-refractivity contribution is -0.370. The zero-order chi connectivity index (χ0) is 35.2. The maximum Gasteiger partial charge on any atom is 0.264 e. The van der Waals surface area contributed by atoms with Gasteiger partial charge in [-0.05, 0) is 0 Å². The van der Waals surface area contributed by atoms with Crippen molar-refractivity contribution in [2.75, 3.05) is 32.7 Å². The SMILES string of the molecule is CS(=O)(=O)OC[C@H]1O[C@H](O[C@H]2[C@@H]3O[C@@H]3[C@@H](O[C@H]3[C@H](O)[C@@H](O)[C@@H](O[C@H]4[C@H](O)[C@@H](O)[C@@H](O)O[C@@H]4CO)O[C@@H]3CO)O[C@@H]2CO)[C@H](O)[C@@H](O)[C@@H]1O. The van der Waals surface area contributed by atoms with Crippen LogP contribution >= 0.6 is 0 Å². The van der Waals surface area contributed by atoms with E-state index in [4.69, 9.17) is 37.9 Å². The van der Waals surface area contributed by atoms with Crippen LogP contribution in [0.25, 0.3) is 0 Å². The Balaban J connectivity index is 1.21. The number of rotatable bonds is 12. The molecule has 5 saturated heterocycles. The number of aliphatic hydroxyl groups is 11. The minimum absolute atomic E-state index is 0.718. The number of aliphatic hydroxyl groups excluding tert-OH is 11. The van der Waals surface area contributed by atoms with E-state index >= 15 is 0 Å². The van der Waals surface area contributed by atoms with Gasteiger partial charge in [0.05, 0.1) is 32.7 Å². The summed E-state index contributed by atoms with van der Waals surface area (Å²) in [5.41, 5.74) is 0. The van der Waals surface area contributed by atoms with Crippen molar-refractivity contribution in [3.05, 3.63) is 0 Å². The van der Waals surface area contributed by atoms with E-state index in [1.807, 2.05) is 0 Å². The molecule has 0 aromatic carbocycles. The first kappa shape index (κ1) is 38.4. The Labute approximate surface area is 272 Å². The van der Waals surface area contributed by atoms with Crippen LogP contribution < -0.4 is 0 Å². The molecule has 0 aliphatic carbocycles. The molecule has 22 nitrogen and oxygen atoms in total. The molecule has 0 spiro atoms. The highest BCUT2D eigenvalue weighted by atomic mass is 32.2. The molecule has 5 heterocycles. The summed E-state index contributed by atoms with van der Waals surface area (Å²) in [5, 5.41) is 112. The smallest absolute Gasteiger partial charge is 0.264 e. The second-order valence-electron chi connectivity index (χ2n) is 12.0. The van der Waals surface area contributed by atoms with Gasteiger partial charge in [0.1, 0.15) is 97.7 Å². The van der Waals surface area contributed by atoms with E-state index in [0.29, 0.717) is 0 Å². The summed E-state index contributed by atoms with van der Waals surface area (Å²) < 4.78 is 71.9. The molecule has 0 radical (unpaired) electrons. The molecular formula is C25H42O22S. The number of fused-ring (bicyclic) bond motifs is 1. The number of hydrogen-bond acceptors (Lipinski definition) is 22. The third-order valence-corrected chi connectivity index (χ3v) is 9.22. The Bertz CT molecular complexity index is 1160. The molecule has 0 amide bonds. The van der Waals surface area contributed by atoms with E-state index in [9.17, 15) is 64.6 Å². The average Bonchev–Trinajstić information content (AvgIpc) is 3.85. The number of epoxide rings is 1. The van der Waals surface area contributed by atoms with E-state index in [1.165, 1.54) is 0 Å². The molecule has 5 aliphatic heterocycles. The molecule has 0 saturated carbocycles. The molecule has 5 fully saturated rings. The van der Waals surface area contributed by atoms with Gasteiger partial charge in [0.2, 0.25) is 0 Å². The van der Waals surface area contributed by atoms with Gasteiger partial charge < -0.3 is 94.1 Å². The van der Waals surface area contributed by atoms with Crippen LogP contribution in [0.15, 0.2) is 0 Å². The lowest BCUT2D eigenvalue weighted by Crippen LogP contribution is -2.65. The summed E-state index contributed by atoms with van der Waals surface area (Å²) >= 11 is 0. The van der Waals surface area contributed by atoms with Crippen molar-refractivity contribution < 1.29 is 107 Å². The molecule has 0 aromatic rings. The zero-order valence-electron chi connectivity index (χ0n) is 25.2. The van der Waals surface area contributed by atoms with Gasteiger partial charge in [-0.2, -0.15) is 8.42 Å². The van der Waals surface area contributed by atoms with Crippen LogP contribution in [-0.4, -0.2) is 220 Å². The van der Waals surface area contributed by atoms with Crippen molar-refractivity contribution in [1.29, 1.82) is 0 Å². The van der Waals surface area contributed by atoms with Gasteiger partial charge >= 0.3 is 0 Å². The monoisotopic (exact) mass is 726 g/mol. The molecule has 48 heavy (non-hydrogen) atoms. The average molecular weight is 727 g/mol. The van der Waals surface area contributed by atoms with Crippen LogP contribution in [0.2, 0.25) is 0 Å². The van der Waals surface area contributed by atoms with Crippen LogP contribution in [0.5, 0.6) is 0 Å². The summed E-state index contributed by atoms with van der Waals surface area (Å²) in [7, 11) is -3.96. The van der Waals surface area contributed by atoms with Gasteiger partial charge in [-0.25, -0.2) is 0 Å². The van der Waals surface area contributed by atoms with Gasteiger partial charge in [-0.3, -0.25) is 4.18 Å². The maximum absolute atomic E-state index is 11.4. The predicted molar refractivity (Wildman–Crippen MR) is 144 cm³/mol. The first-order valence-electron chi connectivity index (χ1n) is 14.9. The van der Waals surface area contributed by atoms with Crippen molar-refractivity contribution in [3.8, 4) is 0 Å². The van der Waals surface area contributed by atoms with Gasteiger partial charge in [0, 0.05) is 0 Å². The first-order valence-corrected chi connectivity index (χ1v) is 16.8. The predicted octanol–water partition coefficient (Wildman–Crippen LogP) is -8.72. The Morgan fingerprint density at radius 2 is 0.958 bits per heavy atom. The van der Waals surface area contributed by atoms with Crippen LogP contribution in [-0.2, 0) is 52.2 Å². The standard InChI is InChI=1S/C25H42O22S/c1-48(37,38)39-5-9-10(29)11(30)15(34)23(43-9)47-19-8(4-28)42-25(21-20(19)44-21)46-18-7(3-27)41-24(16(35)13(18)32)45-17-6(2-26)40-22(36)14(33)12(17)31/h6-36H,2-5H2,1H3/t6-,7-,8-,9-,10-,11+,12-,13-,14-,15-,16-,17-,18-,19-,20+,21+,22+,23-,24-,25-/m1/s1. The Hall–Kier alpha value is -0.850. The molecule has 23 heteroatoms. The van der Waals surface area contributed by atoms with Crippen LogP contribution in [0, 0.1) is 0 Å². The quantitative estimate of drug-likeness (QED) is 0.0657. The van der Waals surface area contributed by atoms with Crippen molar-refractivity contribution in [2.24, 2.45) is 0 Å². The molecule has 0 aromatic heterocycles. The number of ether oxygens (including phenoxy) is 8. The Morgan fingerprint density at radius 3 is 1.54 bits per heavy atom. The van der Waals surface area contributed by atoms with Crippen LogP contribution in [0.3, 0.4) is 0 Å². The van der Waals surface area contributed by atoms with Gasteiger partial charge in [-0.1, -0.05) is 0 Å². The summed E-state index contributed by atoms with van der Waals surface area (Å²) in [6.45, 7) is -3.04. The molecule has 5 aliphatic rings. The van der Waals surface area contributed by atoms with Gasteiger partial charge in [0.25, 0.3) is 10.1 Å². The zero-order valence-corrected chi connectivity index (χ0v) is 26.0. The normalized spacial score (nSPS) is 51.3. The molecule has 280 valence electrons. The first-order chi connectivity index (χ1) is 22.6. The highest BCUT2D eigenvalue weighted by Gasteiger charge is 2.62. The highest BCUT2D eigenvalue weighted by molar-refractivity contribution is 7.85. The molecular weight excluding hydrogens is 684 g/mol. The fourth-order valence-corrected chi connectivity index (χ4v) is 6.35. The van der Waals surface area contributed by atoms with Crippen molar-refractivity contribution in [3.63, 3.8) is 0 Å². The lowest BCUT2D eigenvalue weighted by Gasteiger charge is -2.47. The van der Waals surface area contributed by atoms with E-state index in [1.54, 1.807) is 0 Å². The Kier molecular flexibility index (Phi) is 12.3. The van der Waals surface area contributed by atoms with E-state index in [-0.39, 0.29) is 0 Å². The minimum Gasteiger partial charge on any atom is -0.394 e. The molecule has 0 bridgehead atoms. The van der Waals surface area contributed by atoms with Crippen molar-refractivity contribution >= 4 is 10.1 Å². The summed E-state index contributed by atoms with van der Waals surface area (Å²) in [4.78, 5) is 0. The third-order valence-electron chi connectivity index (χ3n) is 8.66. The second-order valence-corrected chi connectivity index (χ2v) is 13.7. The number of hydrogen-bond donors (Lipinski definition) is 11. The van der Waals surface area contributed by atoms with Gasteiger partial charge in [0.15, 0.2) is 25.2 Å².